The Morgan fingerprint density at radius 2 is 1.81 bits per heavy atom. The largest absolute Gasteiger partial charge is 0.455 e. The smallest absolute Gasteiger partial charge is 0.329 e. The minimum Gasteiger partial charge on any atom is -0.455 e. The normalized spacial score (nSPS) is 15.8. The molecule has 1 heterocycles. The first-order chi connectivity index (χ1) is 12.6. The third kappa shape index (κ3) is 4.60. The molecule has 1 aliphatic rings. The number of carbonyl (C=O) groups is 3. The predicted octanol–water partition coefficient (Wildman–Crippen LogP) is 2.24. The van der Waals surface area contributed by atoms with E-state index in [0.717, 1.165) is 0 Å². The van der Waals surface area contributed by atoms with Crippen LogP contribution in [0.25, 0.3) is 0 Å². The Labute approximate surface area is 150 Å². The van der Waals surface area contributed by atoms with Gasteiger partial charge in [0, 0.05) is 6.42 Å². The van der Waals surface area contributed by atoms with Crippen LogP contribution in [0.3, 0.4) is 0 Å². The third-order valence-corrected chi connectivity index (χ3v) is 3.76. The predicted molar refractivity (Wildman–Crippen MR) is 93.7 cm³/mol. The molecule has 0 aromatic heterocycles. The Kier molecular flexibility index (Phi) is 5.48. The van der Waals surface area contributed by atoms with Gasteiger partial charge in [-0.05, 0) is 30.7 Å². The van der Waals surface area contributed by atoms with Gasteiger partial charge < -0.3 is 20.1 Å². The van der Waals surface area contributed by atoms with Gasteiger partial charge in [0.05, 0.1) is 5.69 Å². The zero-order valence-corrected chi connectivity index (χ0v) is 13.9. The summed E-state index contributed by atoms with van der Waals surface area (Å²) < 4.78 is 10.7. The van der Waals surface area contributed by atoms with Crippen LogP contribution in [0.2, 0.25) is 0 Å². The molecular formula is C19H18N2O5. The van der Waals surface area contributed by atoms with Crippen molar-refractivity contribution in [2.75, 3.05) is 11.9 Å². The molecule has 3 rings (SSSR count). The SMILES string of the molecule is O=C(COC(=O)[C@@H]1CCC(=O)N1)Nc1ccccc1Oc1ccccc1. The fourth-order valence-electron chi connectivity index (χ4n) is 2.49. The van der Waals surface area contributed by atoms with Gasteiger partial charge in [0.15, 0.2) is 12.4 Å². The molecule has 0 saturated carbocycles. The van der Waals surface area contributed by atoms with Gasteiger partial charge >= 0.3 is 5.97 Å². The standard InChI is InChI=1S/C19H18N2O5/c22-17-11-10-15(21-17)19(24)25-12-18(23)20-14-8-4-5-9-16(14)26-13-6-2-1-3-7-13/h1-9,15H,10-12H2,(H,20,23)(H,21,22)/t15-/m0/s1. The van der Waals surface area contributed by atoms with Crippen LogP contribution in [0, 0.1) is 0 Å². The van der Waals surface area contributed by atoms with Crippen LogP contribution in [0.15, 0.2) is 54.6 Å². The van der Waals surface area contributed by atoms with E-state index in [1.54, 1.807) is 36.4 Å². The molecule has 1 fully saturated rings. The number of benzene rings is 2. The summed E-state index contributed by atoms with van der Waals surface area (Å²) in [6.07, 6.45) is 0.670. The number of ether oxygens (including phenoxy) is 2. The minimum atomic E-state index is -0.677. The molecule has 1 atom stereocenters. The second-order valence-corrected chi connectivity index (χ2v) is 5.73. The molecule has 2 N–H and O–H groups in total. The first-order valence-electron chi connectivity index (χ1n) is 8.19. The molecule has 2 amide bonds. The monoisotopic (exact) mass is 354 g/mol. The molecule has 26 heavy (non-hydrogen) atoms. The zero-order valence-electron chi connectivity index (χ0n) is 13.9. The molecule has 0 radical (unpaired) electrons. The summed E-state index contributed by atoms with van der Waals surface area (Å²) >= 11 is 0. The molecule has 134 valence electrons. The van der Waals surface area contributed by atoms with Crippen molar-refractivity contribution in [3.8, 4) is 11.5 Å². The van der Waals surface area contributed by atoms with Crippen molar-refractivity contribution in [2.45, 2.75) is 18.9 Å². The number of hydrogen-bond acceptors (Lipinski definition) is 5. The number of hydrogen-bond donors (Lipinski definition) is 2. The number of nitrogens with one attached hydrogen (secondary N) is 2. The zero-order chi connectivity index (χ0) is 18.4. The van der Waals surface area contributed by atoms with Crippen molar-refractivity contribution in [3.05, 3.63) is 54.6 Å². The van der Waals surface area contributed by atoms with Gasteiger partial charge in [0.2, 0.25) is 5.91 Å². The summed E-state index contributed by atoms with van der Waals surface area (Å²) in [4.78, 5) is 35.0. The van der Waals surface area contributed by atoms with Crippen molar-refractivity contribution in [2.24, 2.45) is 0 Å². The summed E-state index contributed by atoms with van der Waals surface area (Å²) in [6, 6.07) is 15.5. The van der Waals surface area contributed by atoms with Crippen molar-refractivity contribution >= 4 is 23.5 Å². The maximum Gasteiger partial charge on any atom is 0.329 e. The van der Waals surface area contributed by atoms with Crippen LogP contribution < -0.4 is 15.4 Å². The molecule has 0 bridgehead atoms. The van der Waals surface area contributed by atoms with Crippen molar-refractivity contribution < 1.29 is 23.9 Å². The summed E-state index contributed by atoms with van der Waals surface area (Å²) in [5, 5.41) is 5.16. The summed E-state index contributed by atoms with van der Waals surface area (Å²) in [6.45, 7) is -0.440. The van der Waals surface area contributed by atoms with Crippen LogP contribution in [-0.4, -0.2) is 30.4 Å². The number of esters is 1. The first-order valence-corrected chi connectivity index (χ1v) is 8.19. The topological polar surface area (TPSA) is 93.7 Å². The van der Waals surface area contributed by atoms with Crippen LogP contribution in [0.5, 0.6) is 11.5 Å². The number of para-hydroxylation sites is 3. The second kappa shape index (κ2) is 8.15. The minimum absolute atomic E-state index is 0.191. The highest BCUT2D eigenvalue weighted by molar-refractivity contribution is 5.95. The lowest BCUT2D eigenvalue weighted by Gasteiger charge is -2.13. The Hall–Kier alpha value is -3.35. The quantitative estimate of drug-likeness (QED) is 0.776. The van der Waals surface area contributed by atoms with Gasteiger partial charge in [-0.15, -0.1) is 0 Å². The molecule has 1 aliphatic heterocycles. The average molecular weight is 354 g/mol. The highest BCUT2D eigenvalue weighted by Crippen LogP contribution is 2.28. The fraction of sp³-hybridized carbons (Fsp3) is 0.211. The van der Waals surface area contributed by atoms with Gasteiger partial charge in [-0.1, -0.05) is 30.3 Å². The van der Waals surface area contributed by atoms with Crippen LogP contribution in [0.4, 0.5) is 5.69 Å². The number of carbonyl (C=O) groups excluding carboxylic acids is 3. The van der Waals surface area contributed by atoms with Crippen LogP contribution in [-0.2, 0) is 19.1 Å². The first kappa shape index (κ1) is 17.5. The maximum atomic E-state index is 12.1. The third-order valence-electron chi connectivity index (χ3n) is 3.76. The van der Waals surface area contributed by atoms with E-state index < -0.39 is 24.5 Å². The van der Waals surface area contributed by atoms with E-state index in [0.29, 0.717) is 23.6 Å². The van der Waals surface area contributed by atoms with E-state index in [1.165, 1.54) is 0 Å². The van der Waals surface area contributed by atoms with Gasteiger partial charge in [-0.3, -0.25) is 9.59 Å². The molecule has 0 spiro atoms. The molecule has 0 unspecified atom stereocenters. The van der Waals surface area contributed by atoms with Gasteiger partial charge in [0.1, 0.15) is 11.8 Å². The van der Waals surface area contributed by atoms with Crippen LogP contribution in [0.1, 0.15) is 12.8 Å². The summed E-state index contributed by atoms with van der Waals surface area (Å²) in [5.74, 6) is -0.186. The Morgan fingerprint density at radius 3 is 2.54 bits per heavy atom. The second-order valence-electron chi connectivity index (χ2n) is 5.73. The van der Waals surface area contributed by atoms with E-state index >= 15 is 0 Å². The van der Waals surface area contributed by atoms with E-state index in [2.05, 4.69) is 10.6 Å². The van der Waals surface area contributed by atoms with E-state index in [9.17, 15) is 14.4 Å². The lowest BCUT2D eigenvalue weighted by Crippen LogP contribution is -2.36. The van der Waals surface area contributed by atoms with E-state index in [-0.39, 0.29) is 12.3 Å². The summed E-state index contributed by atoms with van der Waals surface area (Å²) in [7, 11) is 0. The van der Waals surface area contributed by atoms with Gasteiger partial charge in [-0.2, -0.15) is 0 Å². The number of anilines is 1. The highest BCUT2D eigenvalue weighted by atomic mass is 16.5. The maximum absolute atomic E-state index is 12.1. The van der Waals surface area contributed by atoms with Crippen molar-refractivity contribution in [1.82, 2.24) is 5.32 Å². The fourth-order valence-corrected chi connectivity index (χ4v) is 2.49. The molecule has 7 heteroatoms. The van der Waals surface area contributed by atoms with Gasteiger partial charge in [0.25, 0.3) is 5.91 Å². The van der Waals surface area contributed by atoms with Crippen molar-refractivity contribution in [3.63, 3.8) is 0 Å². The number of amides is 2. The summed E-state index contributed by atoms with van der Waals surface area (Å²) in [5.41, 5.74) is 0.464. The Balaban J connectivity index is 1.56. The Morgan fingerprint density at radius 1 is 1.08 bits per heavy atom. The lowest BCUT2D eigenvalue weighted by molar-refractivity contribution is -0.149. The molecule has 2 aromatic rings. The number of rotatable bonds is 6. The van der Waals surface area contributed by atoms with Gasteiger partial charge in [-0.25, -0.2) is 4.79 Å². The Bertz CT molecular complexity index is 807. The van der Waals surface area contributed by atoms with E-state index in [4.69, 9.17) is 9.47 Å². The lowest BCUT2D eigenvalue weighted by atomic mass is 10.2. The molecule has 0 aliphatic carbocycles. The molecule has 7 nitrogen and oxygen atoms in total. The molecule has 1 saturated heterocycles. The highest BCUT2D eigenvalue weighted by Gasteiger charge is 2.28. The molecular weight excluding hydrogens is 336 g/mol. The van der Waals surface area contributed by atoms with E-state index in [1.807, 2.05) is 18.2 Å². The van der Waals surface area contributed by atoms with Crippen molar-refractivity contribution in [1.29, 1.82) is 0 Å². The molecule has 2 aromatic carbocycles. The van der Waals surface area contributed by atoms with Crippen LogP contribution >= 0.6 is 0 Å². The average Bonchev–Trinajstić information content (AvgIpc) is 3.09.